The normalized spacial score (nSPS) is 13.8. The number of methoxy groups -OCH3 is 1. The zero-order valence-electron chi connectivity index (χ0n) is 53.1. The predicted molar refractivity (Wildman–Crippen MR) is 296 cm³/mol. The summed E-state index contributed by atoms with van der Waals surface area (Å²) in [6.45, 7) is 50.0. The number of hydrogen-bond donors (Lipinski definition) is 5. The van der Waals surface area contributed by atoms with Crippen LogP contribution in [0.15, 0.2) is 18.7 Å². The number of carboxylic acid groups (broad SMARTS) is 2. The number of esters is 3. The van der Waals surface area contributed by atoms with Crippen LogP contribution in [0.2, 0.25) is 72.5 Å². The Balaban J connectivity index is -0.000000112. The fourth-order valence-electron chi connectivity index (χ4n) is 3.00. The Bertz CT molecular complexity index is 1760. The van der Waals surface area contributed by atoms with Crippen molar-refractivity contribution in [3.05, 3.63) is 18.7 Å². The minimum absolute atomic E-state index is 0. The number of hydrogen-bond acceptors (Lipinski definition) is 19. The number of aromatic nitrogens is 2. The van der Waals surface area contributed by atoms with E-state index in [2.05, 4.69) is 134 Å². The number of aliphatic hydroxyl groups is 2. The van der Waals surface area contributed by atoms with E-state index in [0.29, 0.717) is 5.04 Å². The van der Waals surface area contributed by atoms with E-state index in [9.17, 15) is 28.8 Å². The number of H-pyrrole nitrogens is 1. The maximum Gasteiger partial charge on any atom is 1.00 e. The molecule has 0 unspecified atom stereocenters. The Morgan fingerprint density at radius 2 is 0.896 bits per heavy atom. The third-order valence-electron chi connectivity index (χ3n) is 12.0. The number of carboxylic acids is 2. The number of imidazole rings is 1. The van der Waals surface area contributed by atoms with Gasteiger partial charge < -0.3 is 69.2 Å². The van der Waals surface area contributed by atoms with Crippen molar-refractivity contribution in [2.24, 2.45) is 0 Å². The maximum atomic E-state index is 12.3. The molecule has 1 aromatic heterocycles. The molecule has 1 aromatic rings. The zero-order chi connectivity index (χ0) is 61.5. The number of carbonyl (C=O) groups is 7. The molecular weight excluding hydrogens is 1150 g/mol. The Kier molecular flexibility index (Phi) is 52.4. The predicted octanol–water partition coefficient (Wildman–Crippen LogP) is 2.45. The molecule has 6 atom stereocenters. The van der Waals surface area contributed by atoms with Crippen molar-refractivity contribution >= 4 is 85.7 Å². The van der Waals surface area contributed by atoms with Crippen LogP contribution in [0.4, 0.5) is 0 Å². The Morgan fingerprint density at radius 3 is 1.08 bits per heavy atom. The van der Waals surface area contributed by atoms with Crippen LogP contribution in [0.5, 0.6) is 0 Å². The molecule has 0 saturated heterocycles. The fourth-order valence-corrected chi connectivity index (χ4v) is 6.64. The van der Waals surface area contributed by atoms with Crippen molar-refractivity contribution in [1.29, 1.82) is 0 Å². The SMILES string of the molecule is CC(C)(C)[Si](C)(C)Cl.COCO.C[C@H](O)C(=O)O[C@@H](C)C(=O)O.C[C@H](OC(=O)[C@H](C)O[Si](C)(C)C(C)(C)C)C(=O)O.C[C@H](OC(=O)[C@H](C)O[Si](C)(C)C(C)(C)C)C(=O)O[Si](C)(C)C(C)(C)C.O=CO[O-].[H-].[K+].[K+].c1c[nH]cn1. The molecule has 0 aliphatic rings. The van der Waals surface area contributed by atoms with Crippen molar-refractivity contribution < 1.29 is 201 Å². The molecule has 5 N–H and O–H groups in total. The van der Waals surface area contributed by atoms with Crippen LogP contribution in [-0.4, -0.2) is 156 Å². The van der Waals surface area contributed by atoms with Crippen LogP contribution in [0.3, 0.4) is 0 Å². The molecule has 0 aliphatic carbocycles. The molecule has 0 aromatic carbocycles. The van der Waals surface area contributed by atoms with Gasteiger partial charge in [-0.3, -0.25) is 4.79 Å². The van der Waals surface area contributed by atoms with E-state index < -0.39 is 105 Å². The van der Waals surface area contributed by atoms with Gasteiger partial charge in [0.2, 0.25) is 0 Å². The monoisotopic (exact) mass is 1250 g/mol. The number of nitrogens with one attached hydrogen (secondary N) is 1. The molecule has 1 rings (SSSR count). The summed E-state index contributed by atoms with van der Waals surface area (Å²) in [5.74, 6) is -4.97. The van der Waals surface area contributed by atoms with Crippen LogP contribution < -0.4 is 108 Å². The molecule has 29 heteroatoms. The largest absolute Gasteiger partial charge is 1.00 e. The number of ether oxygens (including phenoxy) is 4. The number of nitrogens with zero attached hydrogens (tertiary/aromatic N) is 1. The van der Waals surface area contributed by atoms with Gasteiger partial charge in [-0.05, 0) is 101 Å². The Labute approximate surface area is 555 Å². The van der Waals surface area contributed by atoms with Gasteiger partial charge in [0.25, 0.3) is 14.8 Å². The summed E-state index contributed by atoms with van der Waals surface area (Å²) in [6, 6.07) is 0. The van der Waals surface area contributed by atoms with Gasteiger partial charge in [0.1, 0.15) is 25.1 Å². The van der Waals surface area contributed by atoms with Crippen LogP contribution in [-0.2, 0) is 70.7 Å². The molecule has 446 valence electrons. The second-order valence-electron chi connectivity index (χ2n) is 22.9. The molecule has 0 fully saturated rings. The van der Waals surface area contributed by atoms with Crippen LogP contribution in [0.1, 0.15) is 126 Å². The summed E-state index contributed by atoms with van der Waals surface area (Å²) >= 11 is 6.15. The molecule has 0 amide bonds. The van der Waals surface area contributed by atoms with E-state index in [1.54, 1.807) is 39.5 Å². The second-order valence-corrected chi connectivity index (χ2v) is 44.4. The minimum atomic E-state index is -2.24. The first-order valence-corrected chi connectivity index (χ1v) is 36.7. The van der Waals surface area contributed by atoms with Crippen LogP contribution >= 0.6 is 11.1 Å². The van der Waals surface area contributed by atoms with Crippen LogP contribution in [0.25, 0.3) is 0 Å². The van der Waals surface area contributed by atoms with E-state index in [4.69, 9.17) is 64.3 Å². The number of aromatic amines is 1. The zero-order valence-corrected chi connectivity index (χ0v) is 63.1. The standard InChI is InChI=1S/C18H38O5Si2.C12H24O5Si.C6H15ClSi.C6H10O5.C3H4N2.C2H6O2.CH2O3.2K.H/c1-13(16(20)23-25(11,12)18(6,7)8)21-15(19)14(2)22-24(9,10)17(3,4)5;1-8(10(13)14)16-11(15)9(2)17-18(6,7)12(3,4)5;1-6(2,3)8(4,5)7;1-3(7)6(10)11-4(2)5(8)9;1-2-5-3-4-1;1-4-2-3;2-1-4-3;;;/h13-14H,1-12H3;8-9H,1-7H3,(H,13,14);1-5H3;3-4,7H,1-2H3,(H,8,9);1-3H,(H,4,5);3H,2H2,1H3;1,3H;;;/q;;;;;;;2*+1;-1/p-1/t13-,14-;8-,9-;;3-,4-;;;;;;/m00.0....../s1. The van der Waals surface area contributed by atoms with Gasteiger partial charge in [0.15, 0.2) is 42.3 Å². The second kappa shape index (κ2) is 43.4. The number of rotatable bonds is 16. The molecule has 22 nitrogen and oxygen atoms in total. The van der Waals surface area contributed by atoms with E-state index in [1.807, 2.05) is 26.2 Å². The topological polar surface area (TPSA) is 326 Å². The summed E-state index contributed by atoms with van der Waals surface area (Å²) in [4.78, 5) is 85.2. The van der Waals surface area contributed by atoms with Gasteiger partial charge >= 0.3 is 139 Å². The van der Waals surface area contributed by atoms with Gasteiger partial charge in [-0.1, -0.05) is 96.2 Å². The molecule has 0 spiro atoms. The van der Waals surface area contributed by atoms with E-state index in [1.165, 1.54) is 27.9 Å². The van der Waals surface area contributed by atoms with Crippen molar-refractivity contribution in [3.8, 4) is 0 Å². The number of aliphatic hydroxyl groups excluding tert-OH is 2. The van der Waals surface area contributed by atoms with Gasteiger partial charge in [-0.2, -0.15) is 11.1 Å². The van der Waals surface area contributed by atoms with Crippen molar-refractivity contribution in [1.82, 2.24) is 9.97 Å². The first kappa shape index (κ1) is 93.1. The molecule has 0 bridgehead atoms. The quantitative estimate of drug-likeness (QED) is 0.0232. The molecule has 0 saturated carbocycles. The molecule has 0 radical (unpaired) electrons. The third-order valence-corrected chi connectivity index (χ3v) is 30.7. The van der Waals surface area contributed by atoms with Crippen LogP contribution in [0, 0.1) is 0 Å². The molecule has 0 aliphatic heterocycles. The smallest absolute Gasteiger partial charge is 1.00 e. The Morgan fingerprint density at radius 1 is 0.610 bits per heavy atom. The maximum absolute atomic E-state index is 12.3. The van der Waals surface area contributed by atoms with E-state index in [-0.39, 0.29) is 133 Å². The van der Waals surface area contributed by atoms with Crippen molar-refractivity contribution in [2.45, 2.75) is 234 Å². The average Bonchev–Trinajstić information content (AvgIpc) is 3.82. The average molecular weight is 1250 g/mol. The molecule has 1 heterocycles. The number of aliphatic carboxylic acids is 2. The summed E-state index contributed by atoms with van der Waals surface area (Å²) < 4.78 is 36.0. The summed E-state index contributed by atoms with van der Waals surface area (Å²) in [6.07, 6.45) is -0.944. The first-order chi connectivity index (χ1) is 33.2. The van der Waals surface area contributed by atoms with Gasteiger partial charge in [-0.25, -0.2) is 33.8 Å². The van der Waals surface area contributed by atoms with Gasteiger partial charge in [-0.15, -0.1) is 0 Å². The Hall–Kier alpha value is -0.310. The van der Waals surface area contributed by atoms with Crippen molar-refractivity contribution in [3.63, 3.8) is 0 Å². The third kappa shape index (κ3) is 46.8. The van der Waals surface area contributed by atoms with E-state index >= 15 is 0 Å². The minimum Gasteiger partial charge on any atom is -1.00 e. The molecule has 77 heavy (non-hydrogen) atoms. The summed E-state index contributed by atoms with van der Waals surface area (Å²) in [5, 5.41) is 41.8. The van der Waals surface area contributed by atoms with Gasteiger partial charge in [0.05, 0.1) is 6.33 Å². The fraction of sp³-hybridized carbons (Fsp3) is 0.792. The van der Waals surface area contributed by atoms with Gasteiger partial charge in [0, 0.05) is 19.5 Å². The molecular formula is C48H99ClK2N2O20Si4. The number of halogens is 1. The summed E-state index contributed by atoms with van der Waals surface area (Å²) in [5.41, 5.74) is 0. The number of carbonyl (C=O) groups excluding carboxylic acids is 5. The first-order valence-electron chi connectivity index (χ1n) is 24.0. The van der Waals surface area contributed by atoms with Crippen molar-refractivity contribution in [2.75, 3.05) is 13.9 Å². The van der Waals surface area contributed by atoms with E-state index in [0.717, 1.165) is 0 Å². The summed E-state index contributed by atoms with van der Waals surface area (Å²) in [7, 11) is -6.33.